The Morgan fingerprint density at radius 1 is 1.32 bits per heavy atom. The van der Waals surface area contributed by atoms with Crippen LogP contribution in [0.4, 0.5) is 18.9 Å². The lowest BCUT2D eigenvalue weighted by Gasteiger charge is -2.18. The van der Waals surface area contributed by atoms with Crippen molar-refractivity contribution in [2.75, 3.05) is 12.8 Å². The van der Waals surface area contributed by atoms with Gasteiger partial charge in [-0.25, -0.2) is 4.79 Å². The second kappa shape index (κ2) is 5.45. The number of carbonyl (C=O) groups is 1. The van der Waals surface area contributed by atoms with Crippen LogP contribution in [0, 0.1) is 0 Å². The second-order valence-corrected chi connectivity index (χ2v) is 3.80. The largest absolute Gasteiger partial charge is 0.467 e. The number of rotatable bonds is 3. The van der Waals surface area contributed by atoms with Gasteiger partial charge < -0.3 is 20.7 Å². The molecule has 0 aromatic heterocycles. The van der Waals surface area contributed by atoms with Crippen molar-refractivity contribution >= 4 is 11.7 Å². The van der Waals surface area contributed by atoms with E-state index in [1.165, 1.54) is 0 Å². The molecule has 0 saturated carbocycles. The minimum Gasteiger partial charge on any atom is -0.467 e. The average Bonchev–Trinajstić information content (AvgIpc) is 2.34. The molecule has 5 nitrogen and oxygen atoms in total. The first-order valence-electron chi connectivity index (χ1n) is 5.08. The fourth-order valence-corrected chi connectivity index (χ4v) is 1.44. The molecule has 0 aliphatic carbocycles. The second-order valence-electron chi connectivity index (χ2n) is 3.80. The van der Waals surface area contributed by atoms with E-state index in [1.807, 2.05) is 0 Å². The molecule has 0 aliphatic rings. The van der Waals surface area contributed by atoms with Crippen LogP contribution in [0.25, 0.3) is 0 Å². The fraction of sp³-hybridized carbons (Fsp3) is 0.364. The number of benzene rings is 1. The van der Waals surface area contributed by atoms with Gasteiger partial charge in [-0.05, 0) is 23.8 Å². The van der Waals surface area contributed by atoms with E-state index in [2.05, 4.69) is 4.74 Å². The molecule has 0 amide bonds. The summed E-state index contributed by atoms with van der Waals surface area (Å²) in [5.74, 6) is -1.16. The molecule has 19 heavy (non-hydrogen) atoms. The molecular formula is C11H12F3NO4. The number of alkyl halides is 3. The molecule has 4 N–H and O–H groups in total. The van der Waals surface area contributed by atoms with Crippen LogP contribution in [0.3, 0.4) is 0 Å². The Hall–Kier alpha value is -1.80. The number of nitrogen functional groups attached to an aromatic ring is 1. The van der Waals surface area contributed by atoms with Gasteiger partial charge in [-0.1, -0.05) is 0 Å². The molecule has 1 aromatic rings. The Kier molecular flexibility index (Phi) is 4.38. The average molecular weight is 279 g/mol. The number of halogens is 3. The molecule has 0 heterocycles. The predicted molar refractivity (Wildman–Crippen MR) is 58.8 cm³/mol. The van der Waals surface area contributed by atoms with Crippen LogP contribution < -0.4 is 5.73 Å². The molecule has 0 fully saturated rings. The van der Waals surface area contributed by atoms with E-state index in [0.717, 1.165) is 13.2 Å². The minimum atomic E-state index is -4.65. The van der Waals surface area contributed by atoms with Gasteiger partial charge in [-0.3, -0.25) is 0 Å². The summed E-state index contributed by atoms with van der Waals surface area (Å²) in [5, 5.41) is 19.0. The smallest absolute Gasteiger partial charge is 0.416 e. The number of aliphatic hydroxyl groups is 2. The number of ether oxygens (including phenoxy) is 1. The summed E-state index contributed by atoms with van der Waals surface area (Å²) in [5.41, 5.74) is 3.63. The molecule has 2 atom stereocenters. The van der Waals surface area contributed by atoms with Crippen molar-refractivity contribution in [1.82, 2.24) is 0 Å². The molecule has 1 aromatic carbocycles. The summed E-state index contributed by atoms with van der Waals surface area (Å²) in [6.45, 7) is 0. The van der Waals surface area contributed by atoms with Gasteiger partial charge in [0, 0.05) is 5.69 Å². The first-order chi connectivity index (χ1) is 8.66. The Morgan fingerprint density at radius 2 is 1.89 bits per heavy atom. The van der Waals surface area contributed by atoms with E-state index in [4.69, 9.17) is 5.73 Å². The summed E-state index contributed by atoms with van der Waals surface area (Å²) in [7, 11) is 0.971. The first kappa shape index (κ1) is 15.3. The number of anilines is 1. The molecule has 106 valence electrons. The number of methoxy groups -OCH3 is 1. The van der Waals surface area contributed by atoms with E-state index in [0.29, 0.717) is 12.1 Å². The Morgan fingerprint density at radius 3 is 2.37 bits per heavy atom. The number of hydrogen-bond donors (Lipinski definition) is 3. The summed E-state index contributed by atoms with van der Waals surface area (Å²) < 4.78 is 41.8. The molecule has 0 aliphatic heterocycles. The number of hydrogen-bond acceptors (Lipinski definition) is 5. The molecule has 1 rings (SSSR count). The highest BCUT2D eigenvalue weighted by Gasteiger charge is 2.33. The normalized spacial score (nSPS) is 14.8. The third kappa shape index (κ3) is 3.58. The van der Waals surface area contributed by atoms with Crippen LogP contribution >= 0.6 is 0 Å². The van der Waals surface area contributed by atoms with E-state index < -0.39 is 29.9 Å². The topological polar surface area (TPSA) is 92.8 Å². The summed E-state index contributed by atoms with van der Waals surface area (Å²) in [6.07, 6.45) is -8.51. The van der Waals surface area contributed by atoms with Crippen LogP contribution in [-0.4, -0.2) is 29.4 Å². The summed E-state index contributed by atoms with van der Waals surface area (Å²) in [6, 6.07) is 2.32. The monoisotopic (exact) mass is 279 g/mol. The number of esters is 1. The van der Waals surface area contributed by atoms with Crippen LogP contribution in [0.1, 0.15) is 17.2 Å². The van der Waals surface area contributed by atoms with Crippen molar-refractivity contribution < 1.29 is 32.9 Å². The quantitative estimate of drug-likeness (QED) is 0.563. The van der Waals surface area contributed by atoms with E-state index in [-0.39, 0.29) is 11.3 Å². The van der Waals surface area contributed by atoms with Crippen molar-refractivity contribution in [3.63, 3.8) is 0 Å². The highest BCUT2D eigenvalue weighted by Crippen LogP contribution is 2.33. The standard InChI is InChI=1S/C11H12F3NO4/c1-19-10(18)9(17)8(16)5-2-6(11(12,13)14)4-7(15)3-5/h2-4,8-9,16-17H,15H2,1H3. The third-order valence-electron chi connectivity index (χ3n) is 2.39. The summed E-state index contributed by atoms with van der Waals surface area (Å²) in [4.78, 5) is 11.0. The molecular weight excluding hydrogens is 267 g/mol. The van der Waals surface area contributed by atoms with Crippen molar-refractivity contribution in [1.29, 1.82) is 0 Å². The zero-order valence-corrected chi connectivity index (χ0v) is 9.81. The van der Waals surface area contributed by atoms with Crippen LogP contribution in [0.2, 0.25) is 0 Å². The first-order valence-corrected chi connectivity index (χ1v) is 5.08. The van der Waals surface area contributed by atoms with Crippen LogP contribution in [-0.2, 0) is 15.7 Å². The zero-order valence-electron chi connectivity index (χ0n) is 9.81. The van der Waals surface area contributed by atoms with Gasteiger partial charge in [0.05, 0.1) is 12.7 Å². The van der Waals surface area contributed by atoms with Crippen molar-refractivity contribution in [3.05, 3.63) is 29.3 Å². The zero-order chi connectivity index (χ0) is 14.8. The molecule has 0 saturated heterocycles. The number of carbonyl (C=O) groups excluding carboxylic acids is 1. The van der Waals surface area contributed by atoms with Gasteiger partial charge in [0.1, 0.15) is 6.10 Å². The fourth-order valence-electron chi connectivity index (χ4n) is 1.44. The van der Waals surface area contributed by atoms with Crippen LogP contribution in [0.5, 0.6) is 0 Å². The lowest BCUT2D eigenvalue weighted by molar-refractivity contribution is -0.156. The van der Waals surface area contributed by atoms with Gasteiger partial charge in [-0.15, -0.1) is 0 Å². The highest BCUT2D eigenvalue weighted by molar-refractivity contribution is 5.75. The number of aliphatic hydroxyl groups excluding tert-OH is 2. The van der Waals surface area contributed by atoms with Crippen molar-refractivity contribution in [3.8, 4) is 0 Å². The molecule has 2 unspecified atom stereocenters. The molecule has 0 radical (unpaired) electrons. The Bertz CT molecular complexity index is 475. The molecule has 8 heteroatoms. The third-order valence-corrected chi connectivity index (χ3v) is 2.39. The maximum atomic E-state index is 12.5. The van der Waals surface area contributed by atoms with Gasteiger partial charge in [0.15, 0.2) is 6.10 Å². The van der Waals surface area contributed by atoms with Gasteiger partial charge >= 0.3 is 12.1 Å². The van der Waals surface area contributed by atoms with Crippen LogP contribution in [0.15, 0.2) is 18.2 Å². The highest BCUT2D eigenvalue weighted by atomic mass is 19.4. The SMILES string of the molecule is COC(=O)C(O)C(O)c1cc(N)cc(C(F)(F)F)c1. The molecule has 0 bridgehead atoms. The molecule has 0 spiro atoms. The van der Waals surface area contributed by atoms with E-state index >= 15 is 0 Å². The summed E-state index contributed by atoms with van der Waals surface area (Å²) >= 11 is 0. The van der Waals surface area contributed by atoms with Gasteiger partial charge in [-0.2, -0.15) is 13.2 Å². The minimum absolute atomic E-state index is 0.249. The van der Waals surface area contributed by atoms with Gasteiger partial charge in [0.25, 0.3) is 0 Å². The van der Waals surface area contributed by atoms with E-state index in [1.54, 1.807) is 0 Å². The van der Waals surface area contributed by atoms with Crippen molar-refractivity contribution in [2.24, 2.45) is 0 Å². The maximum Gasteiger partial charge on any atom is 0.416 e. The van der Waals surface area contributed by atoms with Crippen molar-refractivity contribution in [2.45, 2.75) is 18.4 Å². The maximum absolute atomic E-state index is 12.5. The lowest BCUT2D eigenvalue weighted by atomic mass is 10.0. The van der Waals surface area contributed by atoms with Gasteiger partial charge in [0.2, 0.25) is 0 Å². The Balaban J connectivity index is 3.14. The predicted octanol–water partition coefficient (Wildman–Crippen LogP) is 0.855. The Labute approximate surface area is 106 Å². The number of nitrogens with two attached hydrogens (primary N) is 1. The lowest BCUT2D eigenvalue weighted by Crippen LogP contribution is -2.29. The van der Waals surface area contributed by atoms with E-state index in [9.17, 15) is 28.2 Å².